The van der Waals surface area contributed by atoms with E-state index in [1.807, 2.05) is 60.7 Å². The molecule has 0 bridgehead atoms. The molecule has 0 saturated heterocycles. The van der Waals surface area contributed by atoms with Crippen LogP contribution in [0.2, 0.25) is 0 Å². The molecule has 4 atom stereocenters. The van der Waals surface area contributed by atoms with Crippen molar-refractivity contribution in [1.29, 1.82) is 0 Å². The fourth-order valence-electron chi connectivity index (χ4n) is 3.64. The van der Waals surface area contributed by atoms with Gasteiger partial charge in [-0.1, -0.05) is 60.7 Å². The smallest absolute Gasteiger partial charge is 0.407 e. The first-order valence-electron chi connectivity index (χ1n) is 12.2. The number of amides is 2. The number of hydrogen-bond acceptors (Lipinski definition) is 6. The topological polar surface area (TPSA) is 117 Å². The number of ether oxygens (including phenoxy) is 2. The average Bonchev–Trinajstić information content (AvgIpc) is 2.76. The van der Waals surface area contributed by atoms with Crippen molar-refractivity contribution >= 4 is 12.2 Å². The molecular formula is C28H40N2O6. The lowest BCUT2D eigenvalue weighted by molar-refractivity contribution is -0.0293. The second-order valence-electron chi connectivity index (χ2n) is 10.9. The molecule has 2 aromatic carbocycles. The molecule has 4 N–H and O–H groups in total. The predicted octanol–water partition coefficient (Wildman–Crippen LogP) is 3.98. The number of aliphatic hydroxyl groups excluding tert-OH is 2. The highest BCUT2D eigenvalue weighted by molar-refractivity contribution is 5.69. The fourth-order valence-corrected chi connectivity index (χ4v) is 3.64. The zero-order valence-corrected chi connectivity index (χ0v) is 22.0. The molecule has 198 valence electrons. The summed E-state index contributed by atoms with van der Waals surface area (Å²) < 4.78 is 10.8. The fraction of sp³-hybridized carbons (Fsp3) is 0.500. The first kappa shape index (κ1) is 29.1. The zero-order valence-electron chi connectivity index (χ0n) is 22.0. The van der Waals surface area contributed by atoms with E-state index in [0.717, 1.165) is 11.1 Å². The minimum atomic E-state index is -1.43. The predicted molar refractivity (Wildman–Crippen MR) is 139 cm³/mol. The molecule has 0 fully saturated rings. The van der Waals surface area contributed by atoms with E-state index in [0.29, 0.717) is 0 Å². The molecule has 0 unspecified atom stereocenters. The molecule has 8 nitrogen and oxygen atoms in total. The van der Waals surface area contributed by atoms with E-state index in [9.17, 15) is 19.8 Å². The Balaban J connectivity index is 2.29. The van der Waals surface area contributed by atoms with Crippen LogP contribution >= 0.6 is 0 Å². The highest BCUT2D eigenvalue weighted by atomic mass is 16.6. The highest BCUT2D eigenvalue weighted by Gasteiger charge is 2.36. The number of hydrogen-bond donors (Lipinski definition) is 4. The third-order valence-electron chi connectivity index (χ3n) is 5.18. The van der Waals surface area contributed by atoms with Gasteiger partial charge in [-0.05, 0) is 65.5 Å². The summed E-state index contributed by atoms with van der Waals surface area (Å²) in [6, 6.07) is 16.8. The maximum atomic E-state index is 12.6. The minimum Gasteiger partial charge on any atom is -0.444 e. The van der Waals surface area contributed by atoms with Gasteiger partial charge in [0.05, 0.1) is 12.1 Å². The monoisotopic (exact) mass is 500 g/mol. The summed E-state index contributed by atoms with van der Waals surface area (Å²) in [5, 5.41) is 27.9. The Bertz CT molecular complexity index is 874. The first-order chi connectivity index (χ1) is 16.7. The van der Waals surface area contributed by atoms with E-state index in [4.69, 9.17) is 9.47 Å². The number of carbonyl (C=O) groups is 2. The number of benzene rings is 2. The van der Waals surface area contributed by atoms with Crippen molar-refractivity contribution in [2.45, 2.75) is 89.9 Å². The number of rotatable bonds is 9. The Morgan fingerprint density at radius 1 is 0.667 bits per heavy atom. The molecule has 8 heteroatoms. The lowest BCUT2D eigenvalue weighted by Gasteiger charge is -2.34. The maximum absolute atomic E-state index is 12.6. The quantitative estimate of drug-likeness (QED) is 0.414. The number of nitrogens with one attached hydrogen (secondary N) is 2. The number of carbonyl (C=O) groups excluding carboxylic acids is 2. The van der Waals surface area contributed by atoms with Gasteiger partial charge in [-0.15, -0.1) is 0 Å². The lowest BCUT2D eigenvalue weighted by atomic mass is 9.91. The minimum absolute atomic E-state index is 0.239. The van der Waals surface area contributed by atoms with Gasteiger partial charge in [-0.3, -0.25) is 0 Å². The first-order valence-corrected chi connectivity index (χ1v) is 12.2. The van der Waals surface area contributed by atoms with Gasteiger partial charge in [0, 0.05) is 0 Å². The molecule has 0 aromatic heterocycles. The second-order valence-corrected chi connectivity index (χ2v) is 10.9. The number of alkyl carbamates (subject to hydrolysis) is 2. The summed E-state index contributed by atoms with van der Waals surface area (Å²) in [7, 11) is 0. The standard InChI is InChI=1S/C28H40N2O6/c1-27(2,3)35-25(33)29-21(17-19-13-9-7-10-14-19)23(31)24(32)22(18-20-15-11-8-12-16-20)30-26(34)36-28(4,5)6/h7-16,21-24,31-32H,17-18H2,1-6H3,(H,29,33)(H,30,34)/t21-,22-,23-,24-/m1/s1. The van der Waals surface area contributed by atoms with Gasteiger partial charge >= 0.3 is 12.2 Å². The van der Waals surface area contributed by atoms with E-state index in [-0.39, 0.29) is 12.8 Å². The van der Waals surface area contributed by atoms with Crippen molar-refractivity contribution in [1.82, 2.24) is 10.6 Å². The summed E-state index contributed by atoms with van der Waals surface area (Å²) in [6.45, 7) is 10.4. The maximum Gasteiger partial charge on any atom is 0.407 e. The van der Waals surface area contributed by atoms with Crippen LogP contribution in [0.15, 0.2) is 60.7 Å². The summed E-state index contributed by atoms with van der Waals surface area (Å²) >= 11 is 0. The molecule has 0 aliphatic carbocycles. The van der Waals surface area contributed by atoms with Gasteiger partial charge in [0.1, 0.15) is 23.4 Å². The molecule has 2 amide bonds. The van der Waals surface area contributed by atoms with Crippen LogP contribution in [0.3, 0.4) is 0 Å². The Morgan fingerprint density at radius 3 is 1.25 bits per heavy atom. The third kappa shape index (κ3) is 10.7. The summed E-state index contributed by atoms with van der Waals surface area (Å²) in [5.41, 5.74) is 0.229. The van der Waals surface area contributed by atoms with Crippen LogP contribution in [-0.4, -0.2) is 57.9 Å². The van der Waals surface area contributed by atoms with Crippen LogP contribution in [-0.2, 0) is 22.3 Å². The van der Waals surface area contributed by atoms with Crippen molar-refractivity contribution < 1.29 is 29.3 Å². The third-order valence-corrected chi connectivity index (χ3v) is 5.18. The van der Waals surface area contributed by atoms with Crippen LogP contribution < -0.4 is 10.6 Å². The molecule has 36 heavy (non-hydrogen) atoms. The van der Waals surface area contributed by atoms with Gasteiger partial charge in [0.15, 0.2) is 0 Å². The van der Waals surface area contributed by atoms with Crippen molar-refractivity contribution in [3.8, 4) is 0 Å². The van der Waals surface area contributed by atoms with E-state index >= 15 is 0 Å². The Labute approximate surface area is 214 Å². The molecule has 2 rings (SSSR count). The van der Waals surface area contributed by atoms with E-state index in [1.54, 1.807) is 41.5 Å². The molecule has 0 aliphatic rings. The molecule has 0 saturated carbocycles. The van der Waals surface area contributed by atoms with Gasteiger partial charge in [0.25, 0.3) is 0 Å². The molecule has 0 heterocycles. The van der Waals surface area contributed by atoms with Crippen LogP contribution in [0.25, 0.3) is 0 Å². The highest BCUT2D eigenvalue weighted by Crippen LogP contribution is 2.17. The Kier molecular flexibility index (Phi) is 10.3. The van der Waals surface area contributed by atoms with Gasteiger partial charge in [-0.25, -0.2) is 9.59 Å². The van der Waals surface area contributed by atoms with Gasteiger partial charge in [-0.2, -0.15) is 0 Å². The number of aliphatic hydroxyl groups is 2. The van der Waals surface area contributed by atoms with E-state index in [1.165, 1.54) is 0 Å². The Morgan fingerprint density at radius 2 is 0.972 bits per heavy atom. The normalized spacial score (nSPS) is 15.2. The SMILES string of the molecule is CC(C)(C)OC(=O)N[C@H](Cc1ccccc1)[C@@H](O)[C@H](O)[C@@H](Cc1ccccc1)NC(=O)OC(C)(C)C. The van der Waals surface area contributed by atoms with Crippen LogP contribution in [0.1, 0.15) is 52.7 Å². The summed E-state index contributed by atoms with van der Waals surface area (Å²) in [5.74, 6) is 0. The molecule has 0 spiro atoms. The van der Waals surface area contributed by atoms with E-state index in [2.05, 4.69) is 10.6 Å². The van der Waals surface area contributed by atoms with Gasteiger partial charge in [0.2, 0.25) is 0 Å². The zero-order chi connectivity index (χ0) is 26.9. The molecule has 0 radical (unpaired) electrons. The largest absolute Gasteiger partial charge is 0.444 e. The average molecular weight is 501 g/mol. The lowest BCUT2D eigenvalue weighted by Crippen LogP contribution is -2.58. The van der Waals surface area contributed by atoms with Crippen molar-refractivity contribution in [2.24, 2.45) is 0 Å². The molecule has 2 aromatic rings. The summed E-state index contributed by atoms with van der Waals surface area (Å²) in [4.78, 5) is 25.1. The summed E-state index contributed by atoms with van der Waals surface area (Å²) in [6.07, 6.45) is -3.81. The Hall–Kier alpha value is -3.10. The van der Waals surface area contributed by atoms with E-state index < -0.39 is 47.7 Å². The van der Waals surface area contributed by atoms with Crippen LogP contribution in [0, 0.1) is 0 Å². The van der Waals surface area contributed by atoms with Crippen LogP contribution in [0.5, 0.6) is 0 Å². The van der Waals surface area contributed by atoms with Crippen LogP contribution in [0.4, 0.5) is 9.59 Å². The molecule has 0 aliphatic heterocycles. The van der Waals surface area contributed by atoms with Crippen molar-refractivity contribution in [3.63, 3.8) is 0 Å². The van der Waals surface area contributed by atoms with Crippen molar-refractivity contribution in [3.05, 3.63) is 71.8 Å². The van der Waals surface area contributed by atoms with Crippen molar-refractivity contribution in [2.75, 3.05) is 0 Å². The van der Waals surface area contributed by atoms with Gasteiger partial charge < -0.3 is 30.3 Å². The second kappa shape index (κ2) is 12.7. The molecular weight excluding hydrogens is 460 g/mol.